The molecule has 0 saturated carbocycles. The van der Waals surface area contributed by atoms with Crippen LogP contribution in [0, 0.1) is 17.5 Å². The molecule has 166 valence electrons. The van der Waals surface area contributed by atoms with Gasteiger partial charge in [0.2, 0.25) is 5.88 Å². The molecule has 0 atom stereocenters. The summed E-state index contributed by atoms with van der Waals surface area (Å²) in [6.45, 7) is 2.11. The van der Waals surface area contributed by atoms with Crippen LogP contribution >= 0.6 is 0 Å². The minimum absolute atomic E-state index is 0.0491. The van der Waals surface area contributed by atoms with E-state index < -0.39 is 32.4 Å². The van der Waals surface area contributed by atoms with Crippen LogP contribution in [0.3, 0.4) is 0 Å². The number of aromatic nitrogens is 4. The number of nitrogen functional groups attached to an aromatic ring is 1. The van der Waals surface area contributed by atoms with Crippen LogP contribution in [0.2, 0.25) is 0 Å². The van der Waals surface area contributed by atoms with Gasteiger partial charge in [-0.05, 0) is 31.2 Å². The molecule has 0 bridgehead atoms. The number of hydrogen-bond acceptors (Lipinski definition) is 7. The third-order valence-electron chi connectivity index (χ3n) is 4.35. The normalized spacial score (nSPS) is 11.6. The highest BCUT2D eigenvalue weighted by molar-refractivity contribution is 7.92. The summed E-state index contributed by atoms with van der Waals surface area (Å²) in [5, 5.41) is 7.05. The van der Waals surface area contributed by atoms with Gasteiger partial charge in [0.25, 0.3) is 10.0 Å². The molecule has 13 heteroatoms. The lowest BCUT2D eigenvalue weighted by Gasteiger charge is -2.10. The SMILES string of the molecule is CCOc1nc(-c2ccc(NS(=O)(=O)c3cc(F)c(F)cc3F)cc2)nc2n[nH]c(N)c12. The molecule has 2 aromatic carbocycles. The first kappa shape index (κ1) is 21.4. The molecule has 0 aliphatic carbocycles. The fraction of sp³-hybridized carbons (Fsp3) is 0.105. The molecule has 2 heterocycles. The minimum Gasteiger partial charge on any atom is -0.477 e. The maximum absolute atomic E-state index is 13.9. The summed E-state index contributed by atoms with van der Waals surface area (Å²) >= 11 is 0. The predicted octanol–water partition coefficient (Wildman–Crippen LogP) is 3.22. The standard InChI is InChI=1S/C19H15F3N6O3S/c1-2-31-19-15-16(23)26-27-18(15)24-17(25-19)9-3-5-10(6-4-9)28-32(29,30)14-8-12(21)11(20)7-13(14)22/h3-8,28H,2H2,1H3,(H3,23,24,25,26,27). The highest BCUT2D eigenvalue weighted by atomic mass is 32.2. The first-order valence-corrected chi connectivity index (χ1v) is 10.6. The minimum atomic E-state index is -4.51. The molecule has 0 aliphatic heterocycles. The second-order valence-corrected chi connectivity index (χ2v) is 8.15. The zero-order valence-corrected chi connectivity index (χ0v) is 17.2. The maximum atomic E-state index is 13.9. The van der Waals surface area contributed by atoms with Gasteiger partial charge in [0, 0.05) is 23.4 Å². The molecule has 0 fully saturated rings. The summed E-state index contributed by atoms with van der Waals surface area (Å²) in [7, 11) is -4.51. The van der Waals surface area contributed by atoms with Gasteiger partial charge in [-0.1, -0.05) is 0 Å². The van der Waals surface area contributed by atoms with Crippen molar-refractivity contribution in [3.8, 4) is 17.3 Å². The number of halogens is 3. The van der Waals surface area contributed by atoms with Crippen molar-refractivity contribution in [2.75, 3.05) is 17.1 Å². The Hall–Kier alpha value is -3.87. The van der Waals surface area contributed by atoms with Crippen molar-refractivity contribution < 1.29 is 26.3 Å². The van der Waals surface area contributed by atoms with E-state index >= 15 is 0 Å². The molecule has 0 amide bonds. The van der Waals surface area contributed by atoms with E-state index in [0.717, 1.165) is 0 Å². The van der Waals surface area contributed by atoms with E-state index in [4.69, 9.17) is 10.5 Å². The number of benzene rings is 2. The van der Waals surface area contributed by atoms with E-state index in [1.165, 1.54) is 24.3 Å². The van der Waals surface area contributed by atoms with Crippen molar-refractivity contribution in [2.24, 2.45) is 0 Å². The lowest BCUT2D eigenvalue weighted by molar-refractivity contribution is 0.331. The number of H-pyrrole nitrogens is 1. The van der Waals surface area contributed by atoms with Crippen LogP contribution in [0.1, 0.15) is 6.92 Å². The molecule has 4 aromatic rings. The Balaban J connectivity index is 1.65. The van der Waals surface area contributed by atoms with Crippen molar-refractivity contribution in [3.05, 3.63) is 53.8 Å². The summed E-state index contributed by atoms with van der Waals surface area (Å²) in [4.78, 5) is 7.63. The number of rotatable bonds is 6. The highest BCUT2D eigenvalue weighted by Gasteiger charge is 2.22. The Morgan fingerprint density at radius 3 is 2.44 bits per heavy atom. The second kappa shape index (κ2) is 8.00. The first-order valence-electron chi connectivity index (χ1n) is 9.11. The van der Waals surface area contributed by atoms with Crippen molar-refractivity contribution in [2.45, 2.75) is 11.8 Å². The average Bonchev–Trinajstić information content (AvgIpc) is 3.12. The molecule has 0 radical (unpaired) electrons. The zero-order chi connectivity index (χ0) is 23.0. The fourth-order valence-corrected chi connectivity index (χ4v) is 4.02. The molecule has 2 aromatic heterocycles. The summed E-state index contributed by atoms with van der Waals surface area (Å²) < 4.78 is 72.8. The summed E-state index contributed by atoms with van der Waals surface area (Å²) in [6, 6.07) is 6.20. The van der Waals surface area contributed by atoms with Gasteiger partial charge >= 0.3 is 0 Å². The number of aromatic amines is 1. The van der Waals surface area contributed by atoms with Crippen molar-refractivity contribution in [1.29, 1.82) is 0 Å². The van der Waals surface area contributed by atoms with E-state index in [2.05, 4.69) is 24.9 Å². The third-order valence-corrected chi connectivity index (χ3v) is 5.75. The second-order valence-electron chi connectivity index (χ2n) is 6.50. The first-order chi connectivity index (χ1) is 15.2. The van der Waals surface area contributed by atoms with Gasteiger partial charge in [-0.15, -0.1) is 0 Å². The lowest BCUT2D eigenvalue weighted by atomic mass is 10.2. The Morgan fingerprint density at radius 2 is 1.75 bits per heavy atom. The van der Waals surface area contributed by atoms with Crippen molar-refractivity contribution in [3.63, 3.8) is 0 Å². The van der Waals surface area contributed by atoms with Crippen LogP contribution < -0.4 is 15.2 Å². The molecule has 4 rings (SSSR count). The van der Waals surface area contributed by atoms with Crippen LogP contribution in [0.15, 0.2) is 41.3 Å². The van der Waals surface area contributed by atoms with Gasteiger partial charge in [-0.25, -0.2) is 26.6 Å². The van der Waals surface area contributed by atoms with E-state index in [0.29, 0.717) is 17.6 Å². The topological polar surface area (TPSA) is 136 Å². The zero-order valence-electron chi connectivity index (χ0n) is 16.4. The van der Waals surface area contributed by atoms with Gasteiger partial charge in [0.05, 0.1) is 6.61 Å². The number of nitrogens with two attached hydrogens (primary N) is 1. The quantitative estimate of drug-likeness (QED) is 0.373. The van der Waals surface area contributed by atoms with Crippen LogP contribution in [0.5, 0.6) is 5.88 Å². The lowest BCUT2D eigenvalue weighted by Crippen LogP contribution is -2.15. The number of sulfonamides is 1. The van der Waals surface area contributed by atoms with Crippen molar-refractivity contribution in [1.82, 2.24) is 20.2 Å². The largest absolute Gasteiger partial charge is 0.477 e. The van der Waals surface area contributed by atoms with Crippen LogP contribution in [-0.2, 0) is 10.0 Å². The molecule has 0 aliphatic rings. The van der Waals surface area contributed by atoms with Gasteiger partial charge in [0.1, 0.15) is 21.9 Å². The maximum Gasteiger partial charge on any atom is 0.264 e. The third kappa shape index (κ3) is 3.89. The van der Waals surface area contributed by atoms with E-state index in [1.807, 2.05) is 0 Å². The molecule has 9 nitrogen and oxygen atoms in total. The summed E-state index contributed by atoms with van der Waals surface area (Å²) in [6.07, 6.45) is 0. The Morgan fingerprint density at radius 1 is 1.06 bits per heavy atom. The highest BCUT2D eigenvalue weighted by Crippen LogP contribution is 2.30. The van der Waals surface area contributed by atoms with Gasteiger partial charge in [0.15, 0.2) is 23.1 Å². The van der Waals surface area contributed by atoms with E-state index in [-0.39, 0.29) is 41.0 Å². The number of nitrogens with one attached hydrogen (secondary N) is 2. The molecular formula is C19H15F3N6O3S. The molecular weight excluding hydrogens is 449 g/mol. The van der Waals surface area contributed by atoms with Gasteiger partial charge < -0.3 is 10.5 Å². The van der Waals surface area contributed by atoms with Gasteiger partial charge in [-0.2, -0.15) is 10.1 Å². The van der Waals surface area contributed by atoms with E-state index in [9.17, 15) is 21.6 Å². The Bertz CT molecular complexity index is 1420. The number of nitrogens with zero attached hydrogens (tertiary/aromatic N) is 3. The summed E-state index contributed by atoms with van der Waals surface area (Å²) in [5.41, 5.74) is 6.67. The Labute approximate surface area is 179 Å². The molecule has 0 saturated heterocycles. The Kier molecular flexibility index (Phi) is 5.34. The number of hydrogen-bond donors (Lipinski definition) is 3. The van der Waals surface area contributed by atoms with Crippen LogP contribution in [0.25, 0.3) is 22.4 Å². The van der Waals surface area contributed by atoms with Gasteiger partial charge in [-0.3, -0.25) is 9.82 Å². The number of fused-ring (bicyclic) bond motifs is 1. The smallest absolute Gasteiger partial charge is 0.264 e. The van der Waals surface area contributed by atoms with Crippen molar-refractivity contribution >= 4 is 32.6 Å². The predicted molar refractivity (Wildman–Crippen MR) is 110 cm³/mol. The molecule has 0 spiro atoms. The van der Waals surface area contributed by atoms with Crippen LogP contribution in [-0.4, -0.2) is 35.2 Å². The number of anilines is 2. The monoisotopic (exact) mass is 464 g/mol. The number of ether oxygens (including phenoxy) is 1. The molecule has 0 unspecified atom stereocenters. The molecule has 4 N–H and O–H groups in total. The average molecular weight is 464 g/mol. The van der Waals surface area contributed by atoms with E-state index in [1.54, 1.807) is 6.92 Å². The molecule has 32 heavy (non-hydrogen) atoms. The van der Waals surface area contributed by atoms with Crippen LogP contribution in [0.4, 0.5) is 24.7 Å². The fourth-order valence-electron chi connectivity index (χ4n) is 2.89. The summed E-state index contributed by atoms with van der Waals surface area (Å²) in [5.74, 6) is -3.67.